The van der Waals surface area contributed by atoms with Crippen molar-refractivity contribution in [2.24, 2.45) is 0 Å². The third-order valence-corrected chi connectivity index (χ3v) is 6.14. The maximum atomic E-state index is 13.3. The second kappa shape index (κ2) is 8.78. The Bertz CT molecular complexity index is 1130. The SMILES string of the molecule is CCc1ccc(NC2=C(Sc3ccccc3)C(=O)N(c3ccccc3Cl)C2=O)cc1. The molecule has 0 bridgehead atoms. The van der Waals surface area contributed by atoms with Crippen molar-refractivity contribution in [1.82, 2.24) is 0 Å². The normalized spacial score (nSPS) is 13.9. The van der Waals surface area contributed by atoms with E-state index in [1.807, 2.05) is 54.6 Å². The molecule has 1 aliphatic heterocycles. The number of para-hydroxylation sites is 1. The van der Waals surface area contributed by atoms with Crippen molar-refractivity contribution in [3.63, 3.8) is 0 Å². The lowest BCUT2D eigenvalue weighted by Gasteiger charge is -2.16. The van der Waals surface area contributed by atoms with Crippen LogP contribution in [0.2, 0.25) is 5.02 Å². The van der Waals surface area contributed by atoms with Crippen LogP contribution in [-0.2, 0) is 16.0 Å². The summed E-state index contributed by atoms with van der Waals surface area (Å²) in [5, 5.41) is 3.51. The molecule has 1 heterocycles. The molecule has 0 fully saturated rings. The zero-order valence-electron chi connectivity index (χ0n) is 16.3. The smallest absolute Gasteiger partial charge is 0.283 e. The summed E-state index contributed by atoms with van der Waals surface area (Å²) in [7, 11) is 0. The van der Waals surface area contributed by atoms with Gasteiger partial charge in [0.25, 0.3) is 11.8 Å². The lowest BCUT2D eigenvalue weighted by atomic mass is 10.1. The highest BCUT2D eigenvalue weighted by Crippen LogP contribution is 2.39. The summed E-state index contributed by atoms with van der Waals surface area (Å²) in [6, 6.07) is 24.2. The number of carbonyl (C=O) groups excluding carboxylic acids is 2. The Morgan fingerprint density at radius 1 is 0.867 bits per heavy atom. The molecule has 6 heteroatoms. The topological polar surface area (TPSA) is 49.4 Å². The molecular weight excluding hydrogens is 416 g/mol. The molecule has 3 aromatic carbocycles. The van der Waals surface area contributed by atoms with Gasteiger partial charge in [0.2, 0.25) is 0 Å². The second-order valence-corrected chi connectivity index (χ2v) is 8.18. The van der Waals surface area contributed by atoms with E-state index in [4.69, 9.17) is 11.6 Å². The van der Waals surface area contributed by atoms with Crippen LogP contribution in [0.15, 0.2) is 94.4 Å². The van der Waals surface area contributed by atoms with Gasteiger partial charge in [0.1, 0.15) is 10.6 Å². The fourth-order valence-corrected chi connectivity index (χ4v) is 4.31. The molecule has 0 atom stereocenters. The molecule has 0 radical (unpaired) electrons. The van der Waals surface area contributed by atoms with E-state index >= 15 is 0 Å². The number of imide groups is 1. The van der Waals surface area contributed by atoms with Crippen LogP contribution in [0.1, 0.15) is 12.5 Å². The number of aryl methyl sites for hydroxylation is 1. The van der Waals surface area contributed by atoms with Gasteiger partial charge in [-0.25, -0.2) is 4.90 Å². The van der Waals surface area contributed by atoms with E-state index in [-0.39, 0.29) is 5.70 Å². The summed E-state index contributed by atoms with van der Waals surface area (Å²) in [6.45, 7) is 2.08. The molecule has 0 aliphatic carbocycles. The summed E-state index contributed by atoms with van der Waals surface area (Å²) in [5.41, 5.74) is 2.56. The molecule has 4 nitrogen and oxygen atoms in total. The Morgan fingerprint density at radius 3 is 2.20 bits per heavy atom. The van der Waals surface area contributed by atoms with Gasteiger partial charge in [-0.15, -0.1) is 0 Å². The van der Waals surface area contributed by atoms with Crippen molar-refractivity contribution in [3.8, 4) is 0 Å². The van der Waals surface area contributed by atoms with E-state index in [0.717, 1.165) is 21.9 Å². The minimum Gasteiger partial charge on any atom is -0.350 e. The van der Waals surface area contributed by atoms with Crippen LogP contribution >= 0.6 is 23.4 Å². The van der Waals surface area contributed by atoms with Crippen LogP contribution < -0.4 is 10.2 Å². The van der Waals surface area contributed by atoms with Crippen molar-refractivity contribution in [2.75, 3.05) is 10.2 Å². The summed E-state index contributed by atoms with van der Waals surface area (Å²) in [5.74, 6) is -0.819. The van der Waals surface area contributed by atoms with Crippen LogP contribution in [0.5, 0.6) is 0 Å². The minimum absolute atomic E-state index is 0.248. The highest BCUT2D eigenvalue weighted by Gasteiger charge is 2.41. The number of amides is 2. The number of nitrogens with zero attached hydrogens (tertiary/aromatic N) is 1. The van der Waals surface area contributed by atoms with E-state index in [2.05, 4.69) is 12.2 Å². The number of benzene rings is 3. The van der Waals surface area contributed by atoms with Gasteiger partial charge in [0, 0.05) is 10.6 Å². The number of nitrogens with one attached hydrogen (secondary N) is 1. The Hall–Kier alpha value is -3.02. The Morgan fingerprint density at radius 2 is 1.53 bits per heavy atom. The molecule has 150 valence electrons. The number of anilines is 2. The Kier molecular flexibility index (Phi) is 5.93. The molecule has 3 aromatic rings. The van der Waals surface area contributed by atoms with Crippen LogP contribution in [0.3, 0.4) is 0 Å². The van der Waals surface area contributed by atoms with E-state index < -0.39 is 11.8 Å². The van der Waals surface area contributed by atoms with Gasteiger partial charge in [0.05, 0.1) is 10.7 Å². The third kappa shape index (κ3) is 3.99. The molecule has 1 aliphatic rings. The van der Waals surface area contributed by atoms with E-state index in [1.165, 1.54) is 17.3 Å². The highest BCUT2D eigenvalue weighted by molar-refractivity contribution is 8.04. The molecule has 1 N–H and O–H groups in total. The maximum absolute atomic E-state index is 13.3. The average Bonchev–Trinajstić information content (AvgIpc) is 2.99. The summed E-state index contributed by atoms with van der Waals surface area (Å²) < 4.78 is 0. The molecule has 0 saturated heterocycles. The van der Waals surface area contributed by atoms with Crippen LogP contribution in [0.4, 0.5) is 11.4 Å². The lowest BCUT2D eigenvalue weighted by Crippen LogP contribution is -2.32. The standard InChI is InChI=1S/C24H19ClN2O2S/c1-2-16-12-14-17(15-13-16)26-21-22(30-18-8-4-3-5-9-18)24(29)27(23(21)28)20-11-7-6-10-19(20)25/h3-15,26H,2H2,1H3. The number of halogens is 1. The Balaban J connectivity index is 1.74. The molecule has 0 saturated carbocycles. The summed E-state index contributed by atoms with van der Waals surface area (Å²) >= 11 is 7.56. The maximum Gasteiger partial charge on any atom is 0.283 e. The zero-order chi connectivity index (χ0) is 21.1. The highest BCUT2D eigenvalue weighted by atomic mass is 35.5. The quantitative estimate of drug-likeness (QED) is 0.491. The van der Waals surface area contributed by atoms with E-state index in [9.17, 15) is 9.59 Å². The molecule has 4 rings (SSSR count). The lowest BCUT2D eigenvalue weighted by molar-refractivity contribution is -0.120. The van der Waals surface area contributed by atoms with E-state index in [1.54, 1.807) is 24.3 Å². The van der Waals surface area contributed by atoms with E-state index in [0.29, 0.717) is 15.6 Å². The first-order chi connectivity index (χ1) is 14.6. The first kappa shape index (κ1) is 20.3. The predicted molar refractivity (Wildman–Crippen MR) is 123 cm³/mol. The molecule has 2 amide bonds. The first-order valence-corrected chi connectivity index (χ1v) is 10.7. The first-order valence-electron chi connectivity index (χ1n) is 9.55. The van der Waals surface area contributed by atoms with Gasteiger partial charge in [-0.3, -0.25) is 9.59 Å². The molecular formula is C24H19ClN2O2S. The van der Waals surface area contributed by atoms with Crippen molar-refractivity contribution in [3.05, 3.63) is 100 Å². The van der Waals surface area contributed by atoms with Crippen LogP contribution in [-0.4, -0.2) is 11.8 Å². The van der Waals surface area contributed by atoms with Gasteiger partial charge in [-0.2, -0.15) is 0 Å². The van der Waals surface area contributed by atoms with Gasteiger partial charge < -0.3 is 5.32 Å². The predicted octanol–water partition coefficient (Wildman–Crippen LogP) is 5.89. The molecule has 30 heavy (non-hydrogen) atoms. The summed E-state index contributed by atoms with van der Waals surface area (Å²) in [4.78, 5) is 29.0. The zero-order valence-corrected chi connectivity index (χ0v) is 17.8. The number of rotatable bonds is 6. The van der Waals surface area contributed by atoms with Crippen molar-refractivity contribution < 1.29 is 9.59 Å². The Labute approximate surface area is 184 Å². The van der Waals surface area contributed by atoms with Gasteiger partial charge in [-0.05, 0) is 48.4 Å². The number of carbonyl (C=O) groups is 2. The fraction of sp³-hybridized carbons (Fsp3) is 0.0833. The largest absolute Gasteiger partial charge is 0.350 e. The number of thioether (sulfide) groups is 1. The fourth-order valence-electron chi connectivity index (χ4n) is 3.14. The van der Waals surface area contributed by atoms with Gasteiger partial charge >= 0.3 is 0 Å². The van der Waals surface area contributed by atoms with Gasteiger partial charge in [-0.1, -0.05) is 72.8 Å². The van der Waals surface area contributed by atoms with Crippen LogP contribution in [0.25, 0.3) is 0 Å². The third-order valence-electron chi connectivity index (χ3n) is 4.73. The van der Waals surface area contributed by atoms with Crippen LogP contribution in [0, 0.1) is 0 Å². The second-order valence-electron chi connectivity index (χ2n) is 6.69. The molecule has 0 aromatic heterocycles. The minimum atomic E-state index is -0.425. The summed E-state index contributed by atoms with van der Waals surface area (Å²) in [6.07, 6.45) is 0.926. The monoisotopic (exact) mass is 434 g/mol. The van der Waals surface area contributed by atoms with Crippen molar-refractivity contribution in [1.29, 1.82) is 0 Å². The molecule has 0 spiro atoms. The number of hydrogen-bond acceptors (Lipinski definition) is 4. The molecule has 0 unspecified atom stereocenters. The van der Waals surface area contributed by atoms with Crippen molar-refractivity contribution in [2.45, 2.75) is 18.2 Å². The van der Waals surface area contributed by atoms with Gasteiger partial charge in [0.15, 0.2) is 0 Å². The average molecular weight is 435 g/mol. The number of hydrogen-bond donors (Lipinski definition) is 1. The van der Waals surface area contributed by atoms with Crippen molar-refractivity contribution >= 4 is 46.6 Å².